The van der Waals surface area contributed by atoms with Crippen LogP contribution in [0.3, 0.4) is 0 Å². The fourth-order valence-corrected chi connectivity index (χ4v) is 1.48. The molecule has 0 aliphatic carbocycles. The number of carbonyl (C=O) groups excluding carboxylic acids is 1. The predicted octanol–water partition coefficient (Wildman–Crippen LogP) is 0.464. The Morgan fingerprint density at radius 1 is 1.53 bits per heavy atom. The highest BCUT2D eigenvalue weighted by Gasteiger charge is 1.92. The maximum atomic E-state index is 10.8. The monoisotopic (exact) mass is 233 g/mol. The quantitative estimate of drug-likeness (QED) is 0.376. The van der Waals surface area contributed by atoms with Crippen molar-refractivity contribution in [3.63, 3.8) is 0 Å². The van der Waals surface area contributed by atoms with E-state index in [-0.39, 0.29) is 5.97 Å². The molecule has 0 spiro atoms. The molecule has 1 atom stereocenters. The Balaban J connectivity index is 3.30. The van der Waals surface area contributed by atoms with E-state index >= 15 is 0 Å². The Labute approximate surface area is 93.5 Å². The van der Waals surface area contributed by atoms with Gasteiger partial charge in [-0.05, 0) is 19.9 Å². The molecule has 0 aromatic heterocycles. The molecule has 1 unspecified atom stereocenters. The molecule has 0 amide bonds. The summed E-state index contributed by atoms with van der Waals surface area (Å²) < 4.78 is 15.4. The number of carbonyl (C=O) groups is 1. The summed E-state index contributed by atoms with van der Waals surface area (Å²) in [7, 11) is -0.715. The molecule has 0 rings (SSSR count). The van der Waals surface area contributed by atoms with E-state index in [4.69, 9.17) is 4.74 Å². The minimum absolute atomic E-state index is 0.311. The minimum atomic E-state index is -0.715. The topological polar surface area (TPSA) is 55.4 Å². The van der Waals surface area contributed by atoms with Crippen LogP contribution in [0.5, 0.6) is 0 Å². The first-order chi connectivity index (χ1) is 7.16. The van der Waals surface area contributed by atoms with Crippen molar-refractivity contribution >= 4 is 16.8 Å². The van der Waals surface area contributed by atoms with Gasteiger partial charge in [0.15, 0.2) is 0 Å². The van der Waals surface area contributed by atoms with E-state index in [1.165, 1.54) is 6.08 Å². The molecule has 0 aliphatic heterocycles. The summed E-state index contributed by atoms with van der Waals surface area (Å²) >= 11 is 0. The molecule has 0 aliphatic rings. The first kappa shape index (κ1) is 14.3. The Bertz CT molecular complexity index is 229. The van der Waals surface area contributed by atoms with Crippen LogP contribution in [0.4, 0.5) is 0 Å². The molecule has 0 radical (unpaired) electrons. The summed E-state index contributed by atoms with van der Waals surface area (Å²) in [6.07, 6.45) is 5.71. The zero-order chi connectivity index (χ0) is 11.5. The largest absolute Gasteiger partial charge is 0.463 e. The lowest BCUT2D eigenvalue weighted by molar-refractivity contribution is -0.137. The van der Waals surface area contributed by atoms with E-state index in [1.807, 2.05) is 0 Å². The summed E-state index contributed by atoms with van der Waals surface area (Å²) in [5, 5.41) is 3.11. The van der Waals surface area contributed by atoms with Gasteiger partial charge in [-0.15, -0.1) is 0 Å². The number of rotatable bonds is 8. The highest BCUT2D eigenvalue weighted by molar-refractivity contribution is 7.84. The van der Waals surface area contributed by atoms with Crippen LogP contribution in [-0.2, 0) is 20.3 Å². The third-order valence-corrected chi connectivity index (χ3v) is 2.45. The molecule has 4 nitrogen and oxygen atoms in total. The van der Waals surface area contributed by atoms with Crippen molar-refractivity contribution in [2.45, 2.75) is 13.3 Å². The predicted molar refractivity (Wildman–Crippen MR) is 62.2 cm³/mol. The molecule has 0 aromatic carbocycles. The zero-order valence-electron chi connectivity index (χ0n) is 9.32. The number of ether oxygens (including phenoxy) is 1. The molecule has 5 heteroatoms. The lowest BCUT2D eigenvalue weighted by atomic mass is 10.4. The van der Waals surface area contributed by atoms with Crippen LogP contribution in [0.15, 0.2) is 12.2 Å². The molecule has 0 fully saturated rings. The number of nitrogens with one attached hydrogen (secondary N) is 1. The van der Waals surface area contributed by atoms with Gasteiger partial charge >= 0.3 is 5.97 Å². The second kappa shape index (κ2) is 9.86. The highest BCUT2D eigenvalue weighted by atomic mass is 32.2. The summed E-state index contributed by atoms with van der Waals surface area (Å²) in [6, 6.07) is 0. The molecule has 0 bridgehead atoms. The van der Waals surface area contributed by atoms with Crippen molar-refractivity contribution < 1.29 is 13.7 Å². The van der Waals surface area contributed by atoms with E-state index in [1.54, 1.807) is 19.3 Å². The van der Waals surface area contributed by atoms with Gasteiger partial charge in [-0.1, -0.05) is 6.08 Å². The van der Waals surface area contributed by atoms with Crippen molar-refractivity contribution in [2.24, 2.45) is 0 Å². The Kier molecular flexibility index (Phi) is 9.41. The van der Waals surface area contributed by atoms with E-state index in [9.17, 15) is 9.00 Å². The summed E-state index contributed by atoms with van der Waals surface area (Å²) in [5.41, 5.74) is 0. The van der Waals surface area contributed by atoms with Crippen LogP contribution in [-0.4, -0.2) is 41.9 Å². The average molecular weight is 233 g/mol. The average Bonchev–Trinajstić information content (AvgIpc) is 2.16. The second-order valence-corrected chi connectivity index (χ2v) is 4.54. The molecule has 0 saturated heterocycles. The van der Waals surface area contributed by atoms with Crippen LogP contribution in [0.1, 0.15) is 13.3 Å². The van der Waals surface area contributed by atoms with Gasteiger partial charge < -0.3 is 10.1 Å². The Hall–Kier alpha value is -0.680. The van der Waals surface area contributed by atoms with Crippen LogP contribution >= 0.6 is 0 Å². The van der Waals surface area contributed by atoms with Gasteiger partial charge in [0.25, 0.3) is 0 Å². The zero-order valence-corrected chi connectivity index (χ0v) is 10.1. The Morgan fingerprint density at radius 2 is 2.27 bits per heavy atom. The lowest BCUT2D eigenvalue weighted by Gasteiger charge is -1.99. The number of esters is 1. The van der Waals surface area contributed by atoms with Gasteiger partial charge in [0.2, 0.25) is 0 Å². The fraction of sp³-hybridized carbons (Fsp3) is 0.700. The maximum absolute atomic E-state index is 10.8. The van der Waals surface area contributed by atoms with Gasteiger partial charge in [0, 0.05) is 35.4 Å². The summed E-state index contributed by atoms with van der Waals surface area (Å²) in [4.78, 5) is 10.8. The van der Waals surface area contributed by atoms with Crippen molar-refractivity contribution in [1.29, 1.82) is 0 Å². The van der Waals surface area contributed by atoms with Crippen LogP contribution < -0.4 is 5.32 Å². The molecular formula is C10H19NO3S. The number of hydrogen-bond donors (Lipinski definition) is 1. The first-order valence-electron chi connectivity index (χ1n) is 5.00. The second-order valence-electron chi connectivity index (χ2n) is 2.99. The van der Waals surface area contributed by atoms with Crippen molar-refractivity contribution in [2.75, 3.05) is 31.7 Å². The smallest absolute Gasteiger partial charge is 0.330 e. The van der Waals surface area contributed by atoms with E-state index in [0.717, 1.165) is 13.0 Å². The van der Waals surface area contributed by atoms with Gasteiger partial charge in [0.05, 0.1) is 6.61 Å². The molecule has 0 heterocycles. The maximum Gasteiger partial charge on any atom is 0.330 e. The summed E-state index contributed by atoms with van der Waals surface area (Å²) in [5.74, 6) is 0.406. The first-order valence-corrected chi connectivity index (χ1v) is 6.73. The van der Waals surface area contributed by atoms with Crippen LogP contribution in [0.25, 0.3) is 0 Å². The van der Waals surface area contributed by atoms with Crippen molar-refractivity contribution in [1.82, 2.24) is 5.32 Å². The van der Waals surface area contributed by atoms with Gasteiger partial charge in [-0.3, -0.25) is 4.21 Å². The standard InChI is InChI=1S/C10H19NO3S/c1-3-14-10(12)6-4-7-11-8-5-9-15(2)13/h4,6,11H,3,5,7-9H2,1-2H3/b6-4+. The van der Waals surface area contributed by atoms with Crippen LogP contribution in [0, 0.1) is 0 Å². The number of hydrogen-bond acceptors (Lipinski definition) is 4. The van der Waals surface area contributed by atoms with Crippen LogP contribution in [0.2, 0.25) is 0 Å². The van der Waals surface area contributed by atoms with Gasteiger partial charge in [-0.25, -0.2) is 4.79 Å². The van der Waals surface area contributed by atoms with E-state index in [0.29, 0.717) is 18.9 Å². The Morgan fingerprint density at radius 3 is 2.87 bits per heavy atom. The molecule has 1 N–H and O–H groups in total. The fourth-order valence-electron chi connectivity index (χ4n) is 0.931. The molecule has 0 saturated carbocycles. The molecule has 15 heavy (non-hydrogen) atoms. The lowest BCUT2D eigenvalue weighted by Crippen LogP contribution is -2.17. The van der Waals surface area contributed by atoms with Crippen molar-refractivity contribution in [3.05, 3.63) is 12.2 Å². The molecule has 88 valence electrons. The molecular weight excluding hydrogens is 214 g/mol. The van der Waals surface area contributed by atoms with Gasteiger partial charge in [0.1, 0.15) is 0 Å². The van der Waals surface area contributed by atoms with E-state index in [2.05, 4.69) is 5.32 Å². The summed E-state index contributed by atoms with van der Waals surface area (Å²) in [6.45, 7) is 3.62. The third-order valence-electron chi connectivity index (χ3n) is 1.59. The van der Waals surface area contributed by atoms with Gasteiger partial charge in [-0.2, -0.15) is 0 Å². The normalized spacial score (nSPS) is 12.9. The third kappa shape index (κ3) is 11.2. The van der Waals surface area contributed by atoms with E-state index < -0.39 is 10.8 Å². The SMILES string of the molecule is CCOC(=O)/C=C/CNCCCS(C)=O. The minimum Gasteiger partial charge on any atom is -0.463 e. The van der Waals surface area contributed by atoms with Crippen molar-refractivity contribution in [3.8, 4) is 0 Å². The highest BCUT2D eigenvalue weighted by Crippen LogP contribution is 1.83. The molecule has 0 aromatic rings.